The van der Waals surface area contributed by atoms with Gasteiger partial charge >= 0.3 is 5.91 Å². The molecule has 0 aliphatic heterocycles. The number of fused-ring (bicyclic) bond motifs is 2. The van der Waals surface area contributed by atoms with Gasteiger partial charge in [-0.1, -0.05) is 30.3 Å². The molecule has 5 rings (SSSR count). The molecular formula is C25H21N5O3. The summed E-state index contributed by atoms with van der Waals surface area (Å²) in [5, 5.41) is 5.48. The van der Waals surface area contributed by atoms with Crippen molar-refractivity contribution < 1.29 is 9.21 Å². The van der Waals surface area contributed by atoms with Crippen LogP contribution in [0.5, 0.6) is 0 Å². The van der Waals surface area contributed by atoms with Gasteiger partial charge in [-0.15, -0.1) is 0 Å². The minimum atomic E-state index is -0.443. The normalized spacial score (nSPS) is 11.6. The Morgan fingerprint density at radius 1 is 1.03 bits per heavy atom. The number of hydrogen-bond donors (Lipinski definition) is 1. The van der Waals surface area contributed by atoms with Crippen molar-refractivity contribution in [1.29, 1.82) is 0 Å². The van der Waals surface area contributed by atoms with E-state index >= 15 is 0 Å². The summed E-state index contributed by atoms with van der Waals surface area (Å²) in [6, 6.07) is 18.3. The zero-order chi connectivity index (χ0) is 23.1. The Morgan fingerprint density at radius 2 is 1.79 bits per heavy atom. The summed E-state index contributed by atoms with van der Waals surface area (Å²) in [6.07, 6.45) is 1.55. The van der Waals surface area contributed by atoms with Crippen molar-refractivity contribution in [2.75, 3.05) is 0 Å². The number of aryl methyl sites for hydroxylation is 2. The number of nitrogens with one attached hydrogen (secondary N) is 1. The van der Waals surface area contributed by atoms with E-state index in [1.807, 2.05) is 56.3 Å². The molecule has 1 amide bonds. The summed E-state index contributed by atoms with van der Waals surface area (Å²) in [4.78, 5) is 30.2. The Labute approximate surface area is 188 Å². The van der Waals surface area contributed by atoms with E-state index in [0.29, 0.717) is 22.3 Å². The molecule has 0 spiro atoms. The van der Waals surface area contributed by atoms with Crippen LogP contribution in [0.2, 0.25) is 0 Å². The summed E-state index contributed by atoms with van der Waals surface area (Å²) in [5.74, 6) is 0.312. The number of amides is 1. The lowest BCUT2D eigenvalue weighted by Gasteiger charge is -2.16. The first-order valence-corrected chi connectivity index (χ1v) is 10.4. The van der Waals surface area contributed by atoms with Crippen molar-refractivity contribution in [2.45, 2.75) is 20.8 Å². The van der Waals surface area contributed by atoms with Gasteiger partial charge < -0.3 is 4.42 Å². The Bertz CT molecular complexity index is 1590. The van der Waals surface area contributed by atoms with Crippen LogP contribution in [0, 0.1) is 20.8 Å². The van der Waals surface area contributed by atoms with E-state index in [2.05, 4.69) is 15.5 Å². The van der Waals surface area contributed by atoms with Crippen LogP contribution in [0.3, 0.4) is 0 Å². The van der Waals surface area contributed by atoms with Crippen LogP contribution in [0.25, 0.3) is 21.9 Å². The molecule has 3 heterocycles. The lowest BCUT2D eigenvalue weighted by atomic mass is 10.2. The highest BCUT2D eigenvalue weighted by atomic mass is 16.3. The second-order valence-electron chi connectivity index (χ2n) is 7.78. The number of hydrazone groups is 1. The average molecular weight is 439 g/mol. The van der Waals surface area contributed by atoms with Crippen LogP contribution in [-0.2, 0) is 0 Å². The summed E-state index contributed by atoms with van der Waals surface area (Å²) < 4.78 is 8.92. The number of aromatic nitrogens is 3. The molecule has 1 N–H and O–H groups in total. The molecule has 0 saturated carbocycles. The fraction of sp³-hybridized carbons (Fsp3) is 0.120. The first-order chi connectivity index (χ1) is 15.9. The first kappa shape index (κ1) is 20.4. The molecule has 0 aliphatic rings. The molecule has 5 aromatic rings. The maximum Gasteiger partial charge on any atom is 0.307 e. The number of nitrogens with zero attached hydrogens (tertiary/aromatic N) is 4. The third-order valence-electron chi connectivity index (χ3n) is 5.57. The topological polar surface area (TPSA) is 94.4 Å². The zero-order valence-electron chi connectivity index (χ0n) is 18.4. The second kappa shape index (κ2) is 7.90. The fourth-order valence-corrected chi connectivity index (χ4v) is 4.00. The van der Waals surface area contributed by atoms with Gasteiger partial charge in [-0.2, -0.15) is 9.78 Å². The van der Waals surface area contributed by atoms with Crippen molar-refractivity contribution in [3.05, 3.63) is 99.6 Å². The van der Waals surface area contributed by atoms with Crippen LogP contribution in [-0.4, -0.2) is 26.5 Å². The summed E-state index contributed by atoms with van der Waals surface area (Å²) in [6.45, 7) is 5.59. The lowest BCUT2D eigenvalue weighted by molar-refractivity contribution is 0.0929. The molecule has 0 radical (unpaired) electrons. The Kier molecular flexibility index (Phi) is 4.90. The third-order valence-corrected chi connectivity index (χ3v) is 5.57. The molecule has 164 valence electrons. The van der Waals surface area contributed by atoms with E-state index in [-0.39, 0.29) is 11.3 Å². The zero-order valence-corrected chi connectivity index (χ0v) is 18.4. The number of hydrogen-bond acceptors (Lipinski definition) is 5. The van der Waals surface area contributed by atoms with Gasteiger partial charge in [0.1, 0.15) is 11.4 Å². The number of furan rings is 1. The monoisotopic (exact) mass is 439 g/mol. The summed E-state index contributed by atoms with van der Waals surface area (Å²) >= 11 is 0. The Hall–Kier alpha value is -4.46. The van der Waals surface area contributed by atoms with E-state index < -0.39 is 5.91 Å². The van der Waals surface area contributed by atoms with Crippen molar-refractivity contribution in [3.63, 3.8) is 0 Å². The lowest BCUT2D eigenvalue weighted by Crippen LogP contribution is -2.30. The van der Waals surface area contributed by atoms with Crippen LogP contribution < -0.4 is 11.0 Å². The van der Waals surface area contributed by atoms with Gasteiger partial charge in [-0.3, -0.25) is 14.3 Å². The molecule has 0 saturated heterocycles. The smallest absolute Gasteiger partial charge is 0.307 e. The molecule has 8 heteroatoms. The van der Waals surface area contributed by atoms with Crippen molar-refractivity contribution in [3.8, 4) is 0 Å². The van der Waals surface area contributed by atoms with Crippen LogP contribution >= 0.6 is 0 Å². The van der Waals surface area contributed by atoms with Gasteiger partial charge in [0, 0.05) is 22.3 Å². The highest BCUT2D eigenvalue weighted by Crippen LogP contribution is 2.19. The first-order valence-electron chi connectivity index (χ1n) is 10.4. The van der Waals surface area contributed by atoms with E-state index in [1.54, 1.807) is 40.7 Å². The van der Waals surface area contributed by atoms with E-state index in [9.17, 15) is 9.59 Å². The van der Waals surface area contributed by atoms with E-state index in [4.69, 9.17) is 4.42 Å². The Balaban J connectivity index is 1.45. The van der Waals surface area contributed by atoms with Gasteiger partial charge in [0.25, 0.3) is 5.56 Å². The number of rotatable bonds is 4. The molecular weight excluding hydrogens is 418 g/mol. The van der Waals surface area contributed by atoms with Crippen LogP contribution in [0.4, 0.5) is 0 Å². The minimum absolute atomic E-state index is 0.151. The largest absolute Gasteiger partial charge is 0.451 e. The van der Waals surface area contributed by atoms with Crippen LogP contribution in [0.15, 0.2) is 75.0 Å². The fourth-order valence-electron chi connectivity index (χ4n) is 4.00. The predicted molar refractivity (Wildman–Crippen MR) is 127 cm³/mol. The highest BCUT2D eigenvalue weighted by molar-refractivity contribution is 5.96. The molecule has 0 atom stereocenters. The van der Waals surface area contributed by atoms with Crippen molar-refractivity contribution in [2.24, 2.45) is 5.10 Å². The quantitative estimate of drug-likeness (QED) is 0.339. The average Bonchev–Trinajstić information content (AvgIpc) is 3.36. The van der Waals surface area contributed by atoms with Gasteiger partial charge in [0.05, 0.1) is 17.1 Å². The van der Waals surface area contributed by atoms with Gasteiger partial charge in [-0.25, -0.2) is 10.4 Å². The molecule has 0 aliphatic carbocycles. The minimum Gasteiger partial charge on any atom is -0.451 e. The molecule has 0 unspecified atom stereocenters. The summed E-state index contributed by atoms with van der Waals surface area (Å²) in [7, 11) is 0. The SMILES string of the molecule is Cc1cc(C=NNC(=O)c2cc3ccccc3o2)c(C)n1-n1c(C)nc2ccccc2c1=O. The standard InChI is InChI=1S/C25H21N5O3/c1-15-12-19(14-26-28-24(31)23-13-18-8-4-7-11-22(18)33-23)16(2)29(15)30-17(3)27-21-10-6-5-9-20(21)25(30)32/h4-14H,1-3H3,(H,28,31). The van der Waals surface area contributed by atoms with Crippen LogP contribution in [0.1, 0.15) is 33.3 Å². The highest BCUT2D eigenvalue weighted by Gasteiger charge is 2.16. The van der Waals surface area contributed by atoms with Crippen molar-refractivity contribution in [1.82, 2.24) is 19.8 Å². The Morgan fingerprint density at radius 3 is 2.61 bits per heavy atom. The van der Waals surface area contributed by atoms with Gasteiger partial charge in [-0.05, 0) is 51.1 Å². The molecule has 3 aromatic heterocycles. The number of para-hydroxylation sites is 2. The number of carbonyl (C=O) groups excluding carboxylic acids is 1. The summed E-state index contributed by atoms with van der Waals surface area (Å²) in [5.41, 5.74) is 6.03. The van der Waals surface area contributed by atoms with E-state index in [1.165, 1.54) is 0 Å². The predicted octanol–water partition coefficient (Wildman–Crippen LogP) is 3.94. The van der Waals surface area contributed by atoms with E-state index in [0.717, 1.165) is 22.3 Å². The molecule has 8 nitrogen and oxygen atoms in total. The van der Waals surface area contributed by atoms with Crippen molar-refractivity contribution >= 4 is 34.0 Å². The molecule has 0 fully saturated rings. The maximum atomic E-state index is 13.2. The molecule has 0 bridgehead atoms. The second-order valence-corrected chi connectivity index (χ2v) is 7.78. The van der Waals surface area contributed by atoms with Gasteiger partial charge in [0.15, 0.2) is 5.76 Å². The number of carbonyl (C=O) groups is 1. The third kappa shape index (κ3) is 3.51. The molecule has 2 aromatic carbocycles. The molecule has 33 heavy (non-hydrogen) atoms. The maximum absolute atomic E-state index is 13.2. The number of benzene rings is 2. The van der Waals surface area contributed by atoms with Gasteiger partial charge in [0.2, 0.25) is 0 Å².